The fourth-order valence-electron chi connectivity index (χ4n) is 3.34. The average Bonchev–Trinajstić information content (AvgIpc) is 2.86. The van der Waals surface area contributed by atoms with E-state index in [9.17, 15) is 14.4 Å². The lowest BCUT2D eigenvalue weighted by Gasteiger charge is -2.12. The Balaban J connectivity index is 1.37. The van der Waals surface area contributed by atoms with Gasteiger partial charge in [0.25, 0.3) is 5.91 Å². The Morgan fingerprint density at radius 1 is 0.722 bits per heavy atom. The molecule has 0 bridgehead atoms. The van der Waals surface area contributed by atoms with Crippen molar-refractivity contribution in [2.45, 2.75) is 33.6 Å². The molecule has 0 aliphatic heterocycles. The van der Waals surface area contributed by atoms with Gasteiger partial charge in [0.05, 0.1) is 13.0 Å². The van der Waals surface area contributed by atoms with Crippen LogP contribution in [0.3, 0.4) is 0 Å². The van der Waals surface area contributed by atoms with E-state index in [0.29, 0.717) is 29.5 Å². The zero-order valence-corrected chi connectivity index (χ0v) is 20.6. The van der Waals surface area contributed by atoms with Crippen LogP contribution in [0.5, 0.6) is 17.2 Å². The minimum Gasteiger partial charge on any atom is -0.494 e. The number of ether oxygens (including phenoxy) is 3. The molecule has 0 fully saturated rings. The molecule has 3 aromatic carbocycles. The topological polar surface area (TPSA) is 103 Å². The Morgan fingerprint density at radius 2 is 1.28 bits per heavy atom. The number of esters is 1. The number of carbonyl (C=O) groups excluding carboxylic acids is 3. The zero-order valence-electron chi connectivity index (χ0n) is 20.6. The van der Waals surface area contributed by atoms with Crippen LogP contribution in [-0.4, -0.2) is 31.0 Å². The number of rotatable bonds is 11. The standard InChI is InChI=1S/C28H30N2O6/c1-4-34-23-12-8-22(9-13-23)30-26(32)18-35-27(33)17-16-25(31)29-21-10-14-24(15-11-21)36-28-19(2)6-5-7-20(28)3/h5-15H,4,16-18H2,1-3H3,(H,29,31)(H,30,32). The summed E-state index contributed by atoms with van der Waals surface area (Å²) in [7, 11) is 0. The van der Waals surface area contributed by atoms with Crippen molar-refractivity contribution in [2.75, 3.05) is 23.8 Å². The summed E-state index contributed by atoms with van der Waals surface area (Å²) < 4.78 is 16.3. The van der Waals surface area contributed by atoms with Gasteiger partial charge in [-0.1, -0.05) is 18.2 Å². The van der Waals surface area contributed by atoms with Gasteiger partial charge in [-0.15, -0.1) is 0 Å². The van der Waals surface area contributed by atoms with Crippen molar-refractivity contribution in [3.05, 3.63) is 77.9 Å². The van der Waals surface area contributed by atoms with Crippen LogP contribution in [0.25, 0.3) is 0 Å². The predicted octanol–water partition coefficient (Wildman–Crippen LogP) is 5.40. The number of benzene rings is 3. The number of nitrogens with one attached hydrogen (secondary N) is 2. The Morgan fingerprint density at radius 3 is 1.86 bits per heavy atom. The quantitative estimate of drug-likeness (QED) is 0.349. The second kappa shape index (κ2) is 12.9. The van der Waals surface area contributed by atoms with Gasteiger partial charge in [-0.3, -0.25) is 14.4 Å². The highest BCUT2D eigenvalue weighted by molar-refractivity contribution is 5.94. The maximum absolute atomic E-state index is 12.2. The number of carbonyl (C=O) groups is 3. The van der Waals surface area contributed by atoms with Gasteiger partial charge in [0.1, 0.15) is 17.2 Å². The van der Waals surface area contributed by atoms with Crippen molar-refractivity contribution in [2.24, 2.45) is 0 Å². The van der Waals surface area contributed by atoms with Gasteiger partial charge < -0.3 is 24.8 Å². The van der Waals surface area contributed by atoms with Crippen LogP contribution >= 0.6 is 0 Å². The number of aryl methyl sites for hydroxylation is 2. The van der Waals surface area contributed by atoms with Gasteiger partial charge >= 0.3 is 5.97 Å². The first-order chi connectivity index (χ1) is 17.3. The lowest BCUT2D eigenvalue weighted by atomic mass is 10.1. The van der Waals surface area contributed by atoms with E-state index >= 15 is 0 Å². The number of hydrogen-bond donors (Lipinski definition) is 2. The van der Waals surface area contributed by atoms with E-state index in [1.807, 2.05) is 39.0 Å². The zero-order chi connectivity index (χ0) is 25.9. The van der Waals surface area contributed by atoms with Gasteiger partial charge in [-0.05, 0) is 80.4 Å². The molecule has 0 atom stereocenters. The van der Waals surface area contributed by atoms with Crippen LogP contribution in [-0.2, 0) is 19.1 Å². The van der Waals surface area contributed by atoms with Gasteiger partial charge in [0, 0.05) is 17.8 Å². The third-order valence-corrected chi connectivity index (χ3v) is 5.14. The molecule has 0 aliphatic rings. The molecular weight excluding hydrogens is 460 g/mol. The molecule has 8 nitrogen and oxygen atoms in total. The molecule has 0 radical (unpaired) electrons. The Hall–Kier alpha value is -4.33. The lowest BCUT2D eigenvalue weighted by molar-refractivity contribution is -0.147. The summed E-state index contributed by atoms with van der Waals surface area (Å²) in [5, 5.41) is 5.36. The molecular formula is C28H30N2O6. The number of amides is 2. The van der Waals surface area contributed by atoms with Crippen LogP contribution in [0, 0.1) is 13.8 Å². The number of anilines is 2. The van der Waals surface area contributed by atoms with Crippen molar-refractivity contribution in [1.29, 1.82) is 0 Å². The molecule has 0 unspecified atom stereocenters. The van der Waals surface area contributed by atoms with Crippen LogP contribution < -0.4 is 20.1 Å². The van der Waals surface area contributed by atoms with Gasteiger partial charge in [0.15, 0.2) is 6.61 Å². The second-order valence-corrected chi connectivity index (χ2v) is 8.06. The molecule has 2 N–H and O–H groups in total. The fourth-order valence-corrected chi connectivity index (χ4v) is 3.34. The molecule has 0 spiro atoms. The Bertz CT molecular complexity index is 1170. The molecule has 2 amide bonds. The van der Waals surface area contributed by atoms with Crippen LogP contribution in [0.4, 0.5) is 11.4 Å². The van der Waals surface area contributed by atoms with E-state index in [4.69, 9.17) is 14.2 Å². The monoisotopic (exact) mass is 490 g/mol. The minimum absolute atomic E-state index is 0.0694. The first-order valence-corrected chi connectivity index (χ1v) is 11.7. The summed E-state index contributed by atoms with van der Waals surface area (Å²) in [4.78, 5) is 36.1. The summed E-state index contributed by atoms with van der Waals surface area (Å²) in [6, 6.07) is 19.8. The first kappa shape index (κ1) is 26.3. The highest BCUT2D eigenvalue weighted by Crippen LogP contribution is 2.29. The Labute approximate surface area is 210 Å². The first-order valence-electron chi connectivity index (χ1n) is 11.7. The highest BCUT2D eigenvalue weighted by Gasteiger charge is 2.12. The molecule has 8 heteroatoms. The van der Waals surface area contributed by atoms with E-state index in [1.54, 1.807) is 48.5 Å². The fraction of sp³-hybridized carbons (Fsp3) is 0.250. The van der Waals surface area contributed by atoms with Crippen molar-refractivity contribution < 1.29 is 28.6 Å². The maximum atomic E-state index is 12.2. The second-order valence-electron chi connectivity index (χ2n) is 8.06. The molecule has 0 aromatic heterocycles. The predicted molar refractivity (Wildman–Crippen MR) is 137 cm³/mol. The lowest BCUT2D eigenvalue weighted by Crippen LogP contribution is -2.21. The molecule has 36 heavy (non-hydrogen) atoms. The summed E-state index contributed by atoms with van der Waals surface area (Å²) in [6.45, 7) is 5.96. The summed E-state index contributed by atoms with van der Waals surface area (Å²) in [5.74, 6) is 0.707. The van der Waals surface area contributed by atoms with Crippen LogP contribution in [0.15, 0.2) is 66.7 Å². The smallest absolute Gasteiger partial charge is 0.306 e. The summed E-state index contributed by atoms with van der Waals surface area (Å²) >= 11 is 0. The third kappa shape index (κ3) is 8.16. The SMILES string of the molecule is CCOc1ccc(NC(=O)COC(=O)CCC(=O)Nc2ccc(Oc3c(C)cccc3C)cc2)cc1. The number of para-hydroxylation sites is 1. The average molecular weight is 491 g/mol. The molecule has 188 valence electrons. The molecule has 3 aromatic rings. The van der Waals surface area contributed by atoms with Crippen LogP contribution in [0.2, 0.25) is 0 Å². The van der Waals surface area contributed by atoms with Crippen molar-refractivity contribution in [1.82, 2.24) is 0 Å². The maximum Gasteiger partial charge on any atom is 0.306 e. The van der Waals surface area contributed by atoms with Crippen molar-refractivity contribution in [3.8, 4) is 17.2 Å². The highest BCUT2D eigenvalue weighted by atomic mass is 16.5. The molecule has 0 aliphatic carbocycles. The van der Waals surface area contributed by atoms with E-state index in [2.05, 4.69) is 10.6 Å². The normalized spacial score (nSPS) is 10.3. The summed E-state index contributed by atoms with van der Waals surface area (Å²) in [5.41, 5.74) is 3.21. The van der Waals surface area contributed by atoms with E-state index < -0.39 is 18.5 Å². The largest absolute Gasteiger partial charge is 0.494 e. The van der Waals surface area contributed by atoms with Crippen molar-refractivity contribution >= 4 is 29.2 Å². The third-order valence-electron chi connectivity index (χ3n) is 5.14. The van der Waals surface area contributed by atoms with E-state index in [-0.39, 0.29) is 18.7 Å². The molecule has 0 heterocycles. The Kier molecular flexibility index (Phi) is 9.45. The number of hydrogen-bond acceptors (Lipinski definition) is 6. The van der Waals surface area contributed by atoms with E-state index in [1.165, 1.54) is 0 Å². The van der Waals surface area contributed by atoms with Crippen LogP contribution in [0.1, 0.15) is 30.9 Å². The molecule has 0 saturated carbocycles. The van der Waals surface area contributed by atoms with Gasteiger partial charge in [-0.2, -0.15) is 0 Å². The molecule has 3 rings (SSSR count). The van der Waals surface area contributed by atoms with E-state index in [0.717, 1.165) is 16.9 Å². The molecule has 0 saturated heterocycles. The van der Waals surface area contributed by atoms with Crippen molar-refractivity contribution in [3.63, 3.8) is 0 Å². The summed E-state index contributed by atoms with van der Waals surface area (Å²) in [6.07, 6.45) is -0.212. The van der Waals surface area contributed by atoms with Gasteiger partial charge in [0.2, 0.25) is 5.91 Å². The minimum atomic E-state index is -0.635. The van der Waals surface area contributed by atoms with Gasteiger partial charge in [-0.25, -0.2) is 0 Å².